The number of hydrogen-bond acceptors (Lipinski definition) is 1. The summed E-state index contributed by atoms with van der Waals surface area (Å²) >= 11 is 0. The molecule has 11 heavy (non-hydrogen) atoms. The Kier molecular flexibility index (Phi) is 2.51. The highest BCUT2D eigenvalue weighted by Gasteiger charge is 1.91. The molecule has 2 nitrogen and oxygen atoms in total. The average molecular weight is 146 g/mol. The predicted molar refractivity (Wildman–Crippen MR) is 44.8 cm³/mol. The normalized spacial score (nSPS) is 10.2. The van der Waals surface area contributed by atoms with Crippen LogP contribution in [0.4, 0.5) is 0 Å². The topological polar surface area (TPSA) is 28.7 Å². The highest BCUT2D eigenvalue weighted by Crippen LogP contribution is 2.03. The molecular formula is C9H10N2. The van der Waals surface area contributed by atoms with Crippen molar-refractivity contribution in [3.63, 3.8) is 0 Å². The lowest BCUT2D eigenvalue weighted by atomic mass is 10.4. The molecule has 0 aliphatic heterocycles. The minimum atomic E-state index is 0.943. The van der Waals surface area contributed by atoms with Gasteiger partial charge in [-0.3, -0.25) is 0 Å². The summed E-state index contributed by atoms with van der Waals surface area (Å²) in [5.41, 5.74) is 1.08. The second kappa shape index (κ2) is 3.62. The van der Waals surface area contributed by atoms with Crippen molar-refractivity contribution in [1.29, 1.82) is 5.26 Å². The van der Waals surface area contributed by atoms with Crippen LogP contribution in [0.5, 0.6) is 0 Å². The molecule has 1 rings (SSSR count). The van der Waals surface area contributed by atoms with E-state index in [4.69, 9.17) is 5.26 Å². The van der Waals surface area contributed by atoms with Crippen LogP contribution in [0.15, 0.2) is 24.4 Å². The van der Waals surface area contributed by atoms with Crippen molar-refractivity contribution < 1.29 is 0 Å². The van der Waals surface area contributed by atoms with Gasteiger partial charge in [0.15, 0.2) is 0 Å². The molecule has 1 aromatic rings. The number of rotatable bonds is 2. The van der Waals surface area contributed by atoms with Gasteiger partial charge in [-0.15, -0.1) is 0 Å². The van der Waals surface area contributed by atoms with Gasteiger partial charge in [-0.1, -0.05) is 0 Å². The van der Waals surface area contributed by atoms with E-state index in [-0.39, 0.29) is 0 Å². The molecule has 0 fully saturated rings. The zero-order chi connectivity index (χ0) is 8.10. The van der Waals surface area contributed by atoms with Gasteiger partial charge in [0.1, 0.15) is 0 Å². The summed E-state index contributed by atoms with van der Waals surface area (Å²) in [5.74, 6) is 0. The standard InChI is InChI=1S/C9H10N2/c1-2-11-8-4-6-9(11)5-3-7-10/h3-6,8H,2H2,1H3/b5-3-. The number of aromatic nitrogens is 1. The fourth-order valence-corrected chi connectivity index (χ4v) is 0.989. The number of nitrogens with zero attached hydrogens (tertiary/aromatic N) is 2. The van der Waals surface area contributed by atoms with Crippen molar-refractivity contribution in [3.8, 4) is 6.07 Å². The van der Waals surface area contributed by atoms with E-state index in [1.165, 1.54) is 6.08 Å². The summed E-state index contributed by atoms with van der Waals surface area (Å²) < 4.78 is 2.08. The molecule has 1 aromatic heterocycles. The van der Waals surface area contributed by atoms with Crippen LogP contribution >= 0.6 is 0 Å². The molecule has 0 saturated heterocycles. The van der Waals surface area contributed by atoms with Crippen LogP contribution in [0.1, 0.15) is 12.6 Å². The Morgan fingerprint density at radius 1 is 1.73 bits per heavy atom. The molecule has 0 saturated carbocycles. The number of nitriles is 1. The van der Waals surface area contributed by atoms with Crippen LogP contribution in [0.3, 0.4) is 0 Å². The molecule has 56 valence electrons. The van der Waals surface area contributed by atoms with Crippen LogP contribution in [0, 0.1) is 11.3 Å². The smallest absolute Gasteiger partial charge is 0.0912 e. The summed E-state index contributed by atoms with van der Waals surface area (Å²) in [5, 5.41) is 8.28. The summed E-state index contributed by atoms with van der Waals surface area (Å²) in [6.45, 7) is 3.02. The second-order valence-corrected chi connectivity index (χ2v) is 2.18. The monoisotopic (exact) mass is 146 g/mol. The molecule has 0 aromatic carbocycles. The Labute approximate surface area is 66.4 Å². The van der Waals surface area contributed by atoms with Gasteiger partial charge in [-0.25, -0.2) is 0 Å². The van der Waals surface area contributed by atoms with Gasteiger partial charge < -0.3 is 4.57 Å². The zero-order valence-corrected chi connectivity index (χ0v) is 6.49. The Bertz CT molecular complexity index is 289. The lowest BCUT2D eigenvalue weighted by Crippen LogP contribution is -1.92. The van der Waals surface area contributed by atoms with Crippen LogP contribution < -0.4 is 0 Å². The third-order valence-electron chi connectivity index (χ3n) is 1.53. The third-order valence-corrected chi connectivity index (χ3v) is 1.53. The van der Waals surface area contributed by atoms with Crippen molar-refractivity contribution in [2.75, 3.05) is 0 Å². The highest BCUT2D eigenvalue weighted by molar-refractivity contribution is 5.48. The molecule has 0 aliphatic rings. The third kappa shape index (κ3) is 1.71. The Balaban J connectivity index is 2.86. The number of hydrogen-bond donors (Lipinski definition) is 0. The lowest BCUT2D eigenvalue weighted by molar-refractivity contribution is 0.761. The first-order valence-electron chi connectivity index (χ1n) is 3.59. The van der Waals surface area contributed by atoms with Crippen LogP contribution in [0.2, 0.25) is 0 Å². The average Bonchev–Trinajstić information content (AvgIpc) is 2.47. The minimum absolute atomic E-state index is 0.943. The fraction of sp³-hybridized carbons (Fsp3) is 0.222. The maximum Gasteiger partial charge on any atom is 0.0912 e. The van der Waals surface area contributed by atoms with Crippen molar-refractivity contribution in [3.05, 3.63) is 30.1 Å². The molecule has 0 amide bonds. The second-order valence-electron chi connectivity index (χ2n) is 2.18. The van der Waals surface area contributed by atoms with Gasteiger partial charge in [-0.2, -0.15) is 5.26 Å². The van der Waals surface area contributed by atoms with Crippen molar-refractivity contribution in [1.82, 2.24) is 4.57 Å². The van der Waals surface area contributed by atoms with E-state index in [0.29, 0.717) is 0 Å². The quantitative estimate of drug-likeness (QED) is 0.587. The maximum absolute atomic E-state index is 8.28. The first kappa shape index (κ1) is 7.62. The minimum Gasteiger partial charge on any atom is -0.348 e. The van der Waals surface area contributed by atoms with Gasteiger partial charge in [0.05, 0.1) is 6.07 Å². The number of aryl methyl sites for hydroxylation is 1. The van der Waals surface area contributed by atoms with Crippen LogP contribution in [-0.2, 0) is 6.54 Å². The molecular weight excluding hydrogens is 136 g/mol. The largest absolute Gasteiger partial charge is 0.348 e. The maximum atomic E-state index is 8.28. The first-order chi connectivity index (χ1) is 5.38. The number of allylic oxidation sites excluding steroid dienone is 1. The van der Waals surface area contributed by atoms with Crippen molar-refractivity contribution in [2.45, 2.75) is 13.5 Å². The molecule has 0 N–H and O–H groups in total. The van der Waals surface area contributed by atoms with E-state index < -0.39 is 0 Å². The molecule has 0 aliphatic carbocycles. The summed E-state index contributed by atoms with van der Waals surface area (Å²) in [4.78, 5) is 0. The molecule has 0 spiro atoms. The summed E-state index contributed by atoms with van der Waals surface area (Å²) in [6.07, 6.45) is 5.29. The zero-order valence-electron chi connectivity index (χ0n) is 6.49. The molecule has 0 unspecified atom stereocenters. The fourth-order valence-electron chi connectivity index (χ4n) is 0.989. The molecule has 1 heterocycles. The van der Waals surface area contributed by atoms with Crippen LogP contribution in [0.25, 0.3) is 6.08 Å². The predicted octanol–water partition coefficient (Wildman–Crippen LogP) is 2.04. The van der Waals surface area contributed by atoms with Crippen molar-refractivity contribution in [2.24, 2.45) is 0 Å². The Hall–Kier alpha value is -1.49. The highest BCUT2D eigenvalue weighted by atomic mass is 14.9. The molecule has 0 radical (unpaired) electrons. The van der Waals surface area contributed by atoms with Gasteiger partial charge >= 0.3 is 0 Å². The first-order valence-corrected chi connectivity index (χ1v) is 3.59. The van der Waals surface area contributed by atoms with E-state index in [1.54, 1.807) is 0 Å². The Morgan fingerprint density at radius 3 is 3.18 bits per heavy atom. The van der Waals surface area contributed by atoms with Gasteiger partial charge in [-0.05, 0) is 25.1 Å². The summed E-state index contributed by atoms with van der Waals surface area (Å²) in [6, 6.07) is 5.92. The van der Waals surface area contributed by atoms with Gasteiger partial charge in [0.25, 0.3) is 0 Å². The molecule has 0 atom stereocenters. The van der Waals surface area contributed by atoms with E-state index in [2.05, 4.69) is 11.5 Å². The lowest BCUT2D eigenvalue weighted by Gasteiger charge is -1.98. The van der Waals surface area contributed by atoms with Crippen molar-refractivity contribution >= 4 is 6.08 Å². The summed E-state index contributed by atoms with van der Waals surface area (Å²) in [7, 11) is 0. The van der Waals surface area contributed by atoms with Crippen LogP contribution in [-0.4, -0.2) is 4.57 Å². The van der Waals surface area contributed by atoms with Gasteiger partial charge in [0.2, 0.25) is 0 Å². The van der Waals surface area contributed by atoms with E-state index in [9.17, 15) is 0 Å². The molecule has 0 bridgehead atoms. The SMILES string of the molecule is CCn1cccc1/C=C\C#N. The van der Waals surface area contributed by atoms with E-state index in [0.717, 1.165) is 12.2 Å². The van der Waals surface area contributed by atoms with Gasteiger partial charge in [0, 0.05) is 24.5 Å². The molecule has 2 heteroatoms. The van der Waals surface area contributed by atoms with E-state index in [1.807, 2.05) is 30.5 Å². The Morgan fingerprint density at radius 2 is 2.55 bits per heavy atom. The van der Waals surface area contributed by atoms with E-state index >= 15 is 0 Å².